The minimum Gasteiger partial charge on any atom is -0.486 e. The molecule has 0 unspecified atom stereocenters. The van der Waals surface area contributed by atoms with Gasteiger partial charge in [-0.3, -0.25) is 14.9 Å². The molecule has 0 bridgehead atoms. The first kappa shape index (κ1) is 22.5. The van der Waals surface area contributed by atoms with Gasteiger partial charge in [0.15, 0.2) is 5.76 Å². The summed E-state index contributed by atoms with van der Waals surface area (Å²) in [6, 6.07) is 19.7. The number of ether oxygens (including phenoxy) is 2. The zero-order valence-electron chi connectivity index (χ0n) is 18.0. The van der Waals surface area contributed by atoms with Crippen LogP contribution in [0, 0.1) is 22.9 Å². The summed E-state index contributed by atoms with van der Waals surface area (Å²) in [5.74, 6) is 0.526. The Morgan fingerprint density at radius 1 is 0.971 bits per heavy atom. The summed E-state index contributed by atoms with van der Waals surface area (Å²) in [7, 11) is 0. The van der Waals surface area contributed by atoms with E-state index < -0.39 is 10.8 Å². The number of non-ortho nitro benzene ring substituents is 1. The van der Waals surface area contributed by atoms with Gasteiger partial charge < -0.3 is 19.2 Å². The second-order valence-corrected chi connectivity index (χ2v) is 7.35. The van der Waals surface area contributed by atoms with Gasteiger partial charge in [0.2, 0.25) is 0 Å². The Bertz CT molecular complexity index is 1320. The van der Waals surface area contributed by atoms with E-state index in [1.54, 1.807) is 18.2 Å². The average molecular weight is 462 g/mol. The normalized spacial score (nSPS) is 10.5. The molecule has 0 aliphatic carbocycles. The van der Waals surface area contributed by atoms with E-state index >= 15 is 0 Å². The highest BCUT2D eigenvalue weighted by molar-refractivity contribution is 6.02. The van der Waals surface area contributed by atoms with Crippen LogP contribution in [0.1, 0.15) is 21.9 Å². The topological polar surface area (TPSA) is 104 Å². The number of nitro groups is 1. The summed E-state index contributed by atoms with van der Waals surface area (Å²) in [5.41, 5.74) is 0.967. The van der Waals surface area contributed by atoms with Crippen molar-refractivity contribution < 1.29 is 28.0 Å². The Hall–Kier alpha value is -4.66. The van der Waals surface area contributed by atoms with Crippen LogP contribution in [0.15, 0.2) is 83.3 Å². The van der Waals surface area contributed by atoms with Crippen molar-refractivity contribution in [2.24, 2.45) is 0 Å². The molecular weight excluding hydrogens is 443 g/mol. The number of nitro benzene ring substituents is 1. The first-order valence-corrected chi connectivity index (χ1v) is 10.2. The van der Waals surface area contributed by atoms with E-state index in [9.17, 15) is 19.3 Å². The number of nitrogens with one attached hydrogen (secondary N) is 1. The van der Waals surface area contributed by atoms with Gasteiger partial charge in [-0.05, 0) is 55.5 Å². The maximum atomic E-state index is 13.0. The number of hydrogen-bond acceptors (Lipinski definition) is 6. The van der Waals surface area contributed by atoms with Gasteiger partial charge in [-0.25, -0.2) is 4.39 Å². The smallest absolute Gasteiger partial charge is 0.291 e. The lowest BCUT2D eigenvalue weighted by Crippen LogP contribution is -2.11. The maximum Gasteiger partial charge on any atom is 0.291 e. The minimum absolute atomic E-state index is 0.00906. The predicted molar refractivity (Wildman–Crippen MR) is 122 cm³/mol. The molecule has 1 aromatic heterocycles. The summed E-state index contributed by atoms with van der Waals surface area (Å²) < 4.78 is 29.7. The second-order valence-electron chi connectivity index (χ2n) is 7.35. The molecule has 0 radical (unpaired) electrons. The zero-order valence-corrected chi connectivity index (χ0v) is 18.0. The van der Waals surface area contributed by atoms with E-state index in [0.29, 0.717) is 17.3 Å². The molecule has 0 atom stereocenters. The summed E-state index contributed by atoms with van der Waals surface area (Å²) in [4.78, 5) is 23.4. The van der Waals surface area contributed by atoms with Gasteiger partial charge in [0.1, 0.15) is 35.4 Å². The third kappa shape index (κ3) is 5.77. The molecular formula is C25H19FN2O6. The Morgan fingerprint density at radius 2 is 1.68 bits per heavy atom. The number of anilines is 1. The Morgan fingerprint density at radius 3 is 2.38 bits per heavy atom. The molecule has 8 nitrogen and oxygen atoms in total. The minimum atomic E-state index is -0.602. The van der Waals surface area contributed by atoms with Gasteiger partial charge in [-0.1, -0.05) is 17.7 Å². The SMILES string of the molecule is Cc1ccc(Oc2cc(NC(=O)c3ccc(COc4ccc(F)cc4)o3)cc([N+](=O)[O-])c2)cc1. The van der Waals surface area contributed by atoms with E-state index in [1.807, 2.05) is 19.1 Å². The number of rotatable bonds is 8. The molecule has 9 heteroatoms. The molecule has 0 saturated carbocycles. The monoisotopic (exact) mass is 462 g/mol. The molecule has 3 aromatic carbocycles. The van der Waals surface area contributed by atoms with Crippen molar-refractivity contribution in [3.05, 3.63) is 112 Å². The van der Waals surface area contributed by atoms with Crippen molar-refractivity contribution in [3.63, 3.8) is 0 Å². The van der Waals surface area contributed by atoms with Crippen LogP contribution in [0.2, 0.25) is 0 Å². The van der Waals surface area contributed by atoms with Crippen LogP contribution in [-0.4, -0.2) is 10.8 Å². The number of halogens is 1. The fourth-order valence-electron chi connectivity index (χ4n) is 3.02. The van der Waals surface area contributed by atoms with Crippen LogP contribution < -0.4 is 14.8 Å². The lowest BCUT2D eigenvalue weighted by atomic mass is 10.2. The molecule has 0 saturated heterocycles. The van der Waals surface area contributed by atoms with E-state index in [0.717, 1.165) is 5.56 Å². The maximum absolute atomic E-state index is 13.0. The van der Waals surface area contributed by atoms with Gasteiger partial charge in [-0.2, -0.15) is 0 Å². The van der Waals surface area contributed by atoms with E-state index in [-0.39, 0.29) is 35.3 Å². The largest absolute Gasteiger partial charge is 0.486 e. The van der Waals surface area contributed by atoms with Gasteiger partial charge in [-0.15, -0.1) is 0 Å². The summed E-state index contributed by atoms with van der Waals surface area (Å²) >= 11 is 0. The van der Waals surface area contributed by atoms with Gasteiger partial charge in [0.25, 0.3) is 11.6 Å². The van der Waals surface area contributed by atoms with Crippen molar-refractivity contribution in [1.82, 2.24) is 0 Å². The summed E-state index contributed by atoms with van der Waals surface area (Å²) in [5, 5.41) is 13.9. The van der Waals surface area contributed by atoms with Gasteiger partial charge in [0, 0.05) is 12.1 Å². The van der Waals surface area contributed by atoms with Crippen LogP contribution >= 0.6 is 0 Å². The van der Waals surface area contributed by atoms with Crippen LogP contribution in [-0.2, 0) is 6.61 Å². The highest BCUT2D eigenvalue weighted by atomic mass is 19.1. The number of hydrogen-bond donors (Lipinski definition) is 1. The third-order valence-electron chi connectivity index (χ3n) is 4.70. The highest BCUT2D eigenvalue weighted by Gasteiger charge is 2.16. The Labute approximate surface area is 193 Å². The first-order valence-electron chi connectivity index (χ1n) is 10.2. The standard InChI is InChI=1S/C25H19FN2O6/c1-16-2-6-21(7-3-16)33-23-13-18(12-19(14-23)28(30)31)27-25(29)24-11-10-22(34-24)15-32-20-8-4-17(26)5-9-20/h2-14H,15H2,1H3,(H,27,29). The molecule has 4 aromatic rings. The molecule has 1 heterocycles. The van der Waals surface area contributed by atoms with Crippen molar-refractivity contribution >= 4 is 17.3 Å². The van der Waals surface area contributed by atoms with Crippen LogP contribution in [0.4, 0.5) is 15.8 Å². The molecule has 1 N–H and O–H groups in total. The number of aryl methyl sites for hydroxylation is 1. The fourth-order valence-corrected chi connectivity index (χ4v) is 3.02. The summed E-state index contributed by atoms with van der Waals surface area (Å²) in [6.07, 6.45) is 0. The van der Waals surface area contributed by atoms with Gasteiger partial charge >= 0.3 is 0 Å². The van der Waals surface area contributed by atoms with Crippen LogP contribution in [0.5, 0.6) is 17.2 Å². The van der Waals surface area contributed by atoms with Crippen molar-refractivity contribution in [2.75, 3.05) is 5.32 Å². The molecule has 0 fully saturated rings. The first-order chi connectivity index (χ1) is 16.4. The second kappa shape index (κ2) is 9.86. The van der Waals surface area contributed by atoms with E-state index in [1.165, 1.54) is 48.5 Å². The quantitative estimate of drug-likeness (QED) is 0.245. The number of carbonyl (C=O) groups is 1. The lowest BCUT2D eigenvalue weighted by Gasteiger charge is -2.09. The third-order valence-corrected chi connectivity index (χ3v) is 4.70. The lowest BCUT2D eigenvalue weighted by molar-refractivity contribution is -0.384. The summed E-state index contributed by atoms with van der Waals surface area (Å²) in [6.45, 7) is 1.96. The van der Waals surface area contributed by atoms with E-state index in [4.69, 9.17) is 13.9 Å². The Kier molecular flexibility index (Phi) is 6.54. The number of furan rings is 1. The van der Waals surface area contributed by atoms with Crippen molar-refractivity contribution in [1.29, 1.82) is 0 Å². The van der Waals surface area contributed by atoms with Crippen molar-refractivity contribution in [3.8, 4) is 17.2 Å². The average Bonchev–Trinajstić information content (AvgIpc) is 3.29. The fraction of sp³-hybridized carbons (Fsp3) is 0.0800. The predicted octanol–water partition coefficient (Wildman–Crippen LogP) is 6.26. The number of nitrogens with zero attached hydrogens (tertiary/aromatic N) is 1. The van der Waals surface area contributed by atoms with Crippen LogP contribution in [0.25, 0.3) is 0 Å². The van der Waals surface area contributed by atoms with Crippen LogP contribution in [0.3, 0.4) is 0 Å². The molecule has 34 heavy (non-hydrogen) atoms. The van der Waals surface area contributed by atoms with Gasteiger partial charge in [0.05, 0.1) is 16.7 Å². The number of carbonyl (C=O) groups excluding carboxylic acids is 1. The number of benzene rings is 3. The zero-order chi connectivity index (χ0) is 24.1. The Balaban J connectivity index is 1.45. The number of amides is 1. The molecule has 0 aliphatic rings. The highest BCUT2D eigenvalue weighted by Crippen LogP contribution is 2.30. The van der Waals surface area contributed by atoms with Crippen molar-refractivity contribution in [2.45, 2.75) is 13.5 Å². The van der Waals surface area contributed by atoms with E-state index in [2.05, 4.69) is 5.32 Å². The molecule has 4 rings (SSSR count). The molecule has 1 amide bonds. The molecule has 172 valence electrons. The molecule has 0 spiro atoms. The molecule has 0 aliphatic heterocycles.